The van der Waals surface area contributed by atoms with Gasteiger partial charge in [-0.2, -0.15) is 0 Å². The lowest BCUT2D eigenvalue weighted by Gasteiger charge is -2.20. The summed E-state index contributed by atoms with van der Waals surface area (Å²) in [5, 5.41) is 2.88. The first-order chi connectivity index (χ1) is 11.2. The van der Waals surface area contributed by atoms with Crippen LogP contribution in [0, 0.1) is 13.8 Å². The lowest BCUT2D eigenvalue weighted by molar-refractivity contribution is -0.118. The number of benzene rings is 2. The van der Waals surface area contributed by atoms with Gasteiger partial charge in [-0.3, -0.25) is 4.79 Å². The maximum Gasteiger partial charge on any atom is 0.262 e. The highest BCUT2D eigenvalue weighted by atomic mass is 79.9. The average molecular weight is 390 g/mol. The highest BCUT2D eigenvalue weighted by Crippen LogP contribution is 2.30. The van der Waals surface area contributed by atoms with Gasteiger partial charge >= 0.3 is 0 Å². The third kappa shape index (κ3) is 4.60. The van der Waals surface area contributed by atoms with E-state index in [0.717, 1.165) is 27.0 Å². The minimum atomic E-state index is -0.180. The van der Waals surface area contributed by atoms with Crippen molar-refractivity contribution < 1.29 is 9.53 Å². The van der Waals surface area contributed by atoms with Crippen molar-refractivity contribution in [2.45, 2.75) is 40.0 Å². The van der Waals surface area contributed by atoms with Gasteiger partial charge < -0.3 is 10.1 Å². The molecule has 0 aromatic heterocycles. The van der Waals surface area contributed by atoms with Gasteiger partial charge in [0, 0.05) is 4.47 Å². The van der Waals surface area contributed by atoms with Crippen molar-refractivity contribution >= 4 is 27.5 Å². The molecule has 1 N–H and O–H groups in total. The molecule has 0 aliphatic carbocycles. The van der Waals surface area contributed by atoms with E-state index < -0.39 is 0 Å². The summed E-state index contributed by atoms with van der Waals surface area (Å²) < 4.78 is 6.51. The van der Waals surface area contributed by atoms with Crippen molar-refractivity contribution in [3.05, 3.63) is 57.6 Å². The van der Waals surface area contributed by atoms with Crippen LogP contribution in [-0.2, 0) is 10.2 Å². The molecule has 1 amide bonds. The number of rotatable bonds is 4. The lowest BCUT2D eigenvalue weighted by atomic mass is 9.87. The maximum atomic E-state index is 12.2. The van der Waals surface area contributed by atoms with Crippen LogP contribution in [0.2, 0.25) is 0 Å². The summed E-state index contributed by atoms with van der Waals surface area (Å²) >= 11 is 3.53. The first-order valence-electron chi connectivity index (χ1n) is 7.97. The summed E-state index contributed by atoms with van der Waals surface area (Å²) in [5.74, 6) is 0.562. The molecule has 0 saturated heterocycles. The number of aryl methyl sites for hydroxylation is 1. The van der Waals surface area contributed by atoms with E-state index in [2.05, 4.69) is 42.0 Å². The molecule has 3 nitrogen and oxygen atoms in total. The molecular formula is C20H24BrNO2. The molecule has 0 aliphatic heterocycles. The van der Waals surface area contributed by atoms with Crippen molar-refractivity contribution in [3.63, 3.8) is 0 Å². The minimum absolute atomic E-state index is 0.0161. The van der Waals surface area contributed by atoms with E-state index in [-0.39, 0.29) is 17.9 Å². The Balaban J connectivity index is 2.01. The minimum Gasteiger partial charge on any atom is -0.483 e. The second kappa shape index (κ2) is 7.39. The second-order valence-corrected chi connectivity index (χ2v) is 7.83. The standard InChI is InChI=1S/C20H24BrNO2/c1-13-7-6-8-18(14(13)2)24-12-19(23)22-17-10-9-15(11-16(17)21)20(3,4)5/h6-11H,12H2,1-5H3,(H,22,23). The Kier molecular flexibility index (Phi) is 5.70. The van der Waals surface area contributed by atoms with Crippen molar-refractivity contribution in [3.8, 4) is 5.75 Å². The molecule has 0 fully saturated rings. The number of carbonyl (C=O) groups excluding carboxylic acids is 1. The number of ether oxygens (including phenoxy) is 1. The van der Waals surface area contributed by atoms with Gasteiger partial charge in [0.25, 0.3) is 5.91 Å². The lowest BCUT2D eigenvalue weighted by Crippen LogP contribution is -2.21. The van der Waals surface area contributed by atoms with Crippen LogP contribution in [0.5, 0.6) is 5.75 Å². The quantitative estimate of drug-likeness (QED) is 0.761. The smallest absolute Gasteiger partial charge is 0.262 e. The van der Waals surface area contributed by atoms with E-state index in [4.69, 9.17) is 4.74 Å². The van der Waals surface area contributed by atoms with Crippen LogP contribution in [0.25, 0.3) is 0 Å². The average Bonchev–Trinajstić information content (AvgIpc) is 2.50. The van der Waals surface area contributed by atoms with Gasteiger partial charge in [0.15, 0.2) is 6.61 Å². The number of carbonyl (C=O) groups is 1. The molecule has 24 heavy (non-hydrogen) atoms. The number of hydrogen-bond acceptors (Lipinski definition) is 2. The number of hydrogen-bond donors (Lipinski definition) is 1. The molecule has 0 radical (unpaired) electrons. The Bertz CT molecular complexity index is 748. The van der Waals surface area contributed by atoms with E-state index in [1.165, 1.54) is 5.56 Å². The molecule has 4 heteroatoms. The first-order valence-corrected chi connectivity index (χ1v) is 8.76. The number of nitrogens with one attached hydrogen (secondary N) is 1. The highest BCUT2D eigenvalue weighted by molar-refractivity contribution is 9.10. The van der Waals surface area contributed by atoms with E-state index in [1.807, 2.05) is 50.2 Å². The van der Waals surface area contributed by atoms with Crippen LogP contribution in [-0.4, -0.2) is 12.5 Å². The van der Waals surface area contributed by atoms with Crippen molar-refractivity contribution in [1.29, 1.82) is 0 Å². The van der Waals surface area contributed by atoms with Gasteiger partial charge in [-0.1, -0.05) is 39.0 Å². The molecule has 128 valence electrons. The van der Waals surface area contributed by atoms with Crippen LogP contribution >= 0.6 is 15.9 Å². The van der Waals surface area contributed by atoms with Gasteiger partial charge in [-0.05, 0) is 70.1 Å². The van der Waals surface area contributed by atoms with Crippen molar-refractivity contribution in [2.75, 3.05) is 11.9 Å². The predicted molar refractivity (Wildman–Crippen MR) is 103 cm³/mol. The SMILES string of the molecule is Cc1cccc(OCC(=O)Nc2ccc(C(C)(C)C)cc2Br)c1C. The van der Waals surface area contributed by atoms with Gasteiger partial charge in [-0.15, -0.1) is 0 Å². The summed E-state index contributed by atoms with van der Waals surface area (Å²) in [6, 6.07) is 11.8. The Hall–Kier alpha value is -1.81. The molecule has 0 heterocycles. The first kappa shape index (κ1) is 18.5. The maximum absolute atomic E-state index is 12.2. The van der Waals surface area contributed by atoms with E-state index in [9.17, 15) is 4.79 Å². The van der Waals surface area contributed by atoms with Gasteiger partial charge in [0.2, 0.25) is 0 Å². The third-order valence-electron chi connectivity index (χ3n) is 4.02. The monoisotopic (exact) mass is 389 g/mol. The fourth-order valence-corrected chi connectivity index (χ4v) is 2.77. The summed E-state index contributed by atoms with van der Waals surface area (Å²) in [6.45, 7) is 10.5. The summed E-state index contributed by atoms with van der Waals surface area (Å²) in [5.41, 5.74) is 4.22. The van der Waals surface area contributed by atoms with Gasteiger partial charge in [0.1, 0.15) is 5.75 Å². The normalized spacial score (nSPS) is 11.2. The van der Waals surface area contributed by atoms with Crippen LogP contribution in [0.1, 0.15) is 37.5 Å². The van der Waals surface area contributed by atoms with Gasteiger partial charge in [0.05, 0.1) is 5.69 Å². The summed E-state index contributed by atoms with van der Waals surface area (Å²) in [7, 11) is 0. The van der Waals surface area contributed by atoms with E-state index >= 15 is 0 Å². The molecule has 2 aromatic carbocycles. The van der Waals surface area contributed by atoms with Crippen LogP contribution < -0.4 is 10.1 Å². The molecular weight excluding hydrogens is 366 g/mol. The van der Waals surface area contributed by atoms with Gasteiger partial charge in [-0.25, -0.2) is 0 Å². The number of halogens is 1. The molecule has 0 aliphatic rings. The van der Waals surface area contributed by atoms with Crippen molar-refractivity contribution in [2.24, 2.45) is 0 Å². The number of amides is 1. The van der Waals surface area contributed by atoms with Crippen LogP contribution in [0.15, 0.2) is 40.9 Å². The molecule has 0 saturated carbocycles. The van der Waals surface area contributed by atoms with Crippen molar-refractivity contribution in [1.82, 2.24) is 0 Å². The fourth-order valence-electron chi connectivity index (χ4n) is 2.29. The molecule has 0 bridgehead atoms. The summed E-state index contributed by atoms with van der Waals surface area (Å²) in [4.78, 5) is 12.2. The molecule has 2 aromatic rings. The largest absolute Gasteiger partial charge is 0.483 e. The Morgan fingerprint density at radius 1 is 1.17 bits per heavy atom. The topological polar surface area (TPSA) is 38.3 Å². The zero-order valence-electron chi connectivity index (χ0n) is 14.9. The predicted octanol–water partition coefficient (Wildman–Crippen LogP) is 5.38. The fraction of sp³-hybridized carbons (Fsp3) is 0.350. The van der Waals surface area contributed by atoms with Crippen LogP contribution in [0.4, 0.5) is 5.69 Å². The second-order valence-electron chi connectivity index (χ2n) is 6.98. The highest BCUT2D eigenvalue weighted by Gasteiger charge is 2.15. The Morgan fingerprint density at radius 3 is 2.50 bits per heavy atom. The molecule has 2 rings (SSSR count). The third-order valence-corrected chi connectivity index (χ3v) is 4.68. The van der Waals surface area contributed by atoms with E-state index in [1.54, 1.807) is 0 Å². The Labute approximate surface area is 152 Å². The molecule has 0 unspecified atom stereocenters. The molecule has 0 atom stereocenters. The summed E-state index contributed by atoms with van der Waals surface area (Å²) in [6.07, 6.45) is 0. The Morgan fingerprint density at radius 2 is 1.88 bits per heavy atom. The zero-order valence-corrected chi connectivity index (χ0v) is 16.5. The molecule has 0 spiro atoms. The van der Waals surface area contributed by atoms with Crippen LogP contribution in [0.3, 0.4) is 0 Å². The zero-order chi connectivity index (χ0) is 17.9. The van der Waals surface area contributed by atoms with E-state index in [0.29, 0.717) is 0 Å². The number of anilines is 1.